The molecule has 0 saturated carbocycles. The van der Waals surface area contributed by atoms with Gasteiger partial charge >= 0.3 is 0 Å². The van der Waals surface area contributed by atoms with Crippen LogP contribution >= 0.6 is 0 Å². The molecular formula is C20H25NO6S2. The third-order valence-corrected chi connectivity index (χ3v) is 9.56. The second-order valence-electron chi connectivity index (χ2n) is 6.96. The zero-order valence-corrected chi connectivity index (χ0v) is 18.3. The fourth-order valence-corrected chi connectivity index (χ4v) is 6.93. The van der Waals surface area contributed by atoms with E-state index in [1.807, 2.05) is 0 Å². The Hall–Kier alpha value is -2.10. The Balaban J connectivity index is 1.75. The molecule has 0 amide bonds. The Morgan fingerprint density at radius 2 is 1.41 bits per heavy atom. The molecule has 2 aromatic carbocycles. The van der Waals surface area contributed by atoms with Crippen molar-refractivity contribution in [2.75, 3.05) is 27.3 Å². The van der Waals surface area contributed by atoms with Crippen molar-refractivity contribution in [2.24, 2.45) is 0 Å². The second kappa shape index (κ2) is 8.33. The summed E-state index contributed by atoms with van der Waals surface area (Å²) in [6.45, 7) is 2.04. The number of ether oxygens (including phenoxy) is 2. The van der Waals surface area contributed by atoms with Gasteiger partial charge < -0.3 is 9.47 Å². The maximum absolute atomic E-state index is 13.0. The molecule has 2 aromatic rings. The first kappa shape index (κ1) is 21.6. The number of hydrogen-bond donors (Lipinski definition) is 0. The Morgan fingerprint density at radius 3 is 1.93 bits per heavy atom. The van der Waals surface area contributed by atoms with Gasteiger partial charge in [0.1, 0.15) is 11.5 Å². The molecule has 1 aliphatic rings. The summed E-state index contributed by atoms with van der Waals surface area (Å²) < 4.78 is 63.4. The van der Waals surface area contributed by atoms with Crippen LogP contribution in [0, 0.1) is 6.92 Å². The Labute approximate surface area is 172 Å². The van der Waals surface area contributed by atoms with E-state index in [-0.39, 0.29) is 35.7 Å². The van der Waals surface area contributed by atoms with Crippen molar-refractivity contribution < 1.29 is 26.3 Å². The zero-order chi connectivity index (χ0) is 21.2. The van der Waals surface area contributed by atoms with E-state index in [0.717, 1.165) is 0 Å². The zero-order valence-electron chi connectivity index (χ0n) is 16.7. The molecule has 3 rings (SSSR count). The van der Waals surface area contributed by atoms with E-state index in [2.05, 4.69) is 0 Å². The van der Waals surface area contributed by atoms with Crippen LogP contribution in [0.1, 0.15) is 18.4 Å². The fourth-order valence-electron chi connectivity index (χ4n) is 3.52. The monoisotopic (exact) mass is 439 g/mol. The average Bonchev–Trinajstić information content (AvgIpc) is 2.73. The van der Waals surface area contributed by atoms with Crippen molar-refractivity contribution in [3.8, 4) is 11.5 Å². The first-order valence-electron chi connectivity index (χ1n) is 9.23. The summed E-state index contributed by atoms with van der Waals surface area (Å²) >= 11 is 0. The van der Waals surface area contributed by atoms with Crippen LogP contribution in [0.25, 0.3) is 0 Å². The smallest absolute Gasteiger partial charge is 0.243 e. The van der Waals surface area contributed by atoms with Crippen molar-refractivity contribution in [1.29, 1.82) is 0 Å². The van der Waals surface area contributed by atoms with Crippen LogP contribution in [0.15, 0.2) is 52.3 Å². The Morgan fingerprint density at radius 1 is 0.862 bits per heavy atom. The highest BCUT2D eigenvalue weighted by Gasteiger charge is 2.36. The maximum Gasteiger partial charge on any atom is 0.243 e. The van der Waals surface area contributed by atoms with Crippen molar-refractivity contribution in [3.63, 3.8) is 0 Å². The minimum absolute atomic E-state index is 0.161. The number of rotatable bonds is 6. The van der Waals surface area contributed by atoms with Crippen molar-refractivity contribution in [1.82, 2.24) is 4.31 Å². The van der Waals surface area contributed by atoms with Gasteiger partial charge in [-0.1, -0.05) is 0 Å². The standard InChI is InChI=1S/C20H25NO6S2/c1-15-14-17(27-3)6-9-20(15)29(24,25)21-12-10-19(11-13-21)28(22,23)18-7-4-16(26-2)5-8-18/h4-9,14,19H,10-13H2,1-3H3. The molecule has 0 spiro atoms. The SMILES string of the molecule is COc1ccc(S(=O)(=O)C2CCN(S(=O)(=O)c3ccc(OC)cc3C)CC2)cc1. The summed E-state index contributed by atoms with van der Waals surface area (Å²) in [7, 11) is -4.18. The largest absolute Gasteiger partial charge is 0.497 e. The van der Waals surface area contributed by atoms with Gasteiger partial charge in [0.25, 0.3) is 0 Å². The lowest BCUT2D eigenvalue weighted by molar-refractivity contribution is 0.345. The highest BCUT2D eigenvalue weighted by molar-refractivity contribution is 7.92. The molecular weight excluding hydrogens is 414 g/mol. The summed E-state index contributed by atoms with van der Waals surface area (Å²) in [5.74, 6) is 1.17. The van der Waals surface area contributed by atoms with E-state index in [1.54, 1.807) is 31.2 Å². The van der Waals surface area contributed by atoms with Gasteiger partial charge in [-0.3, -0.25) is 0 Å². The molecule has 0 unspecified atom stereocenters. The average molecular weight is 440 g/mol. The lowest BCUT2D eigenvalue weighted by Crippen LogP contribution is -2.42. The van der Waals surface area contributed by atoms with E-state index in [4.69, 9.17) is 9.47 Å². The molecule has 0 N–H and O–H groups in total. The van der Waals surface area contributed by atoms with E-state index < -0.39 is 25.1 Å². The van der Waals surface area contributed by atoms with Crippen LogP contribution in [0.2, 0.25) is 0 Å². The minimum Gasteiger partial charge on any atom is -0.497 e. The number of piperidine rings is 1. The molecule has 29 heavy (non-hydrogen) atoms. The van der Waals surface area contributed by atoms with Crippen LogP contribution in [0.3, 0.4) is 0 Å². The van der Waals surface area contributed by atoms with E-state index in [9.17, 15) is 16.8 Å². The number of sulfone groups is 1. The van der Waals surface area contributed by atoms with Crippen LogP contribution < -0.4 is 9.47 Å². The summed E-state index contributed by atoms with van der Waals surface area (Å²) in [4.78, 5) is 0.445. The number of benzene rings is 2. The Kier molecular flexibility index (Phi) is 6.21. The van der Waals surface area contributed by atoms with Crippen molar-refractivity contribution in [3.05, 3.63) is 48.0 Å². The van der Waals surface area contributed by atoms with Crippen LogP contribution in [-0.2, 0) is 19.9 Å². The van der Waals surface area contributed by atoms with Crippen LogP contribution in [-0.4, -0.2) is 53.7 Å². The molecule has 1 fully saturated rings. The molecule has 0 aromatic heterocycles. The van der Waals surface area contributed by atoms with Crippen LogP contribution in [0.5, 0.6) is 11.5 Å². The van der Waals surface area contributed by atoms with Crippen molar-refractivity contribution >= 4 is 19.9 Å². The predicted octanol–water partition coefficient (Wildman–Crippen LogP) is 2.64. The predicted molar refractivity (Wildman–Crippen MR) is 110 cm³/mol. The molecule has 158 valence electrons. The molecule has 1 heterocycles. The van der Waals surface area contributed by atoms with Gasteiger partial charge in [-0.15, -0.1) is 0 Å². The number of hydrogen-bond acceptors (Lipinski definition) is 6. The molecule has 9 heteroatoms. The highest BCUT2D eigenvalue weighted by Crippen LogP contribution is 2.30. The second-order valence-corrected chi connectivity index (χ2v) is 11.1. The number of sulfonamides is 1. The van der Waals surface area contributed by atoms with Gasteiger partial charge in [0.2, 0.25) is 10.0 Å². The molecule has 0 radical (unpaired) electrons. The molecule has 7 nitrogen and oxygen atoms in total. The fraction of sp³-hybridized carbons (Fsp3) is 0.400. The highest BCUT2D eigenvalue weighted by atomic mass is 32.2. The lowest BCUT2D eigenvalue weighted by atomic mass is 10.2. The van der Waals surface area contributed by atoms with Gasteiger partial charge in [0, 0.05) is 13.1 Å². The molecule has 1 saturated heterocycles. The summed E-state index contributed by atoms with van der Waals surface area (Å²) in [6.07, 6.45) is 0.506. The first-order valence-corrected chi connectivity index (χ1v) is 12.2. The van der Waals surface area contributed by atoms with Crippen molar-refractivity contribution in [2.45, 2.75) is 34.8 Å². The number of methoxy groups -OCH3 is 2. The van der Waals surface area contributed by atoms with Gasteiger partial charge in [0.15, 0.2) is 9.84 Å². The van der Waals surface area contributed by atoms with Gasteiger partial charge in [-0.2, -0.15) is 4.31 Å². The third kappa shape index (κ3) is 4.26. The third-order valence-electron chi connectivity index (χ3n) is 5.23. The number of aryl methyl sites for hydroxylation is 1. The molecule has 0 atom stereocenters. The molecule has 1 aliphatic heterocycles. The summed E-state index contributed by atoms with van der Waals surface area (Å²) in [5.41, 5.74) is 0.595. The summed E-state index contributed by atoms with van der Waals surface area (Å²) in [5, 5.41) is -0.612. The quantitative estimate of drug-likeness (QED) is 0.687. The lowest BCUT2D eigenvalue weighted by Gasteiger charge is -2.31. The number of nitrogens with zero attached hydrogens (tertiary/aromatic N) is 1. The van der Waals surface area contributed by atoms with Gasteiger partial charge in [-0.25, -0.2) is 16.8 Å². The van der Waals surface area contributed by atoms with E-state index >= 15 is 0 Å². The van der Waals surface area contributed by atoms with E-state index in [0.29, 0.717) is 17.1 Å². The van der Waals surface area contributed by atoms with E-state index in [1.165, 1.54) is 36.7 Å². The minimum atomic E-state index is -3.69. The summed E-state index contributed by atoms with van der Waals surface area (Å²) in [6, 6.07) is 11.1. The molecule has 0 aliphatic carbocycles. The topological polar surface area (TPSA) is 90.0 Å². The maximum atomic E-state index is 13.0. The van der Waals surface area contributed by atoms with Gasteiger partial charge in [0.05, 0.1) is 29.3 Å². The first-order chi connectivity index (χ1) is 13.7. The normalized spacial score (nSPS) is 16.5. The van der Waals surface area contributed by atoms with Crippen LogP contribution in [0.4, 0.5) is 0 Å². The Bertz CT molecular complexity index is 1070. The molecule has 0 bridgehead atoms. The van der Waals surface area contributed by atoms with Gasteiger partial charge in [-0.05, 0) is 67.8 Å².